The average molecular weight is 351 g/mol. The van der Waals surface area contributed by atoms with Crippen LogP contribution in [0, 0.1) is 6.92 Å². The Labute approximate surface area is 133 Å². The molecule has 1 amide bonds. The van der Waals surface area contributed by atoms with Crippen LogP contribution in [0.1, 0.15) is 29.4 Å². The molecule has 2 aromatic rings. The molecule has 0 aliphatic carbocycles. The van der Waals surface area contributed by atoms with Gasteiger partial charge in [-0.05, 0) is 37.6 Å². The van der Waals surface area contributed by atoms with Crippen molar-refractivity contribution in [2.45, 2.75) is 26.3 Å². The highest BCUT2D eigenvalue weighted by molar-refractivity contribution is 9.10. The molecule has 1 aromatic heterocycles. The molecule has 21 heavy (non-hydrogen) atoms. The fourth-order valence-corrected chi connectivity index (χ4v) is 2.61. The average Bonchev–Trinajstić information content (AvgIpc) is 2.46. The summed E-state index contributed by atoms with van der Waals surface area (Å²) in [5, 5.41) is 3.86. The highest BCUT2D eigenvalue weighted by Crippen LogP contribution is 2.23. The summed E-state index contributed by atoms with van der Waals surface area (Å²) in [4.78, 5) is 17.0. The fourth-order valence-electron chi connectivity index (χ4n) is 2.24. The number of hydrogen-bond acceptors (Lipinski definition) is 3. The third-order valence-corrected chi connectivity index (χ3v) is 3.83. The first-order chi connectivity index (χ1) is 10.0. The number of hydrogen-bond donors (Lipinski definition) is 1. The van der Waals surface area contributed by atoms with E-state index >= 15 is 0 Å². The zero-order valence-corrected chi connectivity index (χ0v) is 14.0. The van der Waals surface area contributed by atoms with Crippen LogP contribution in [0.25, 0.3) is 10.9 Å². The number of pyridine rings is 1. The highest BCUT2D eigenvalue weighted by atomic mass is 79.9. The first kappa shape index (κ1) is 15.9. The Morgan fingerprint density at radius 3 is 2.86 bits per heavy atom. The Morgan fingerprint density at radius 1 is 1.43 bits per heavy atom. The minimum absolute atomic E-state index is 0.0122. The number of nitrogens with one attached hydrogen (secondary N) is 1. The van der Waals surface area contributed by atoms with E-state index in [1.54, 1.807) is 7.11 Å². The Hall–Kier alpha value is -1.46. The van der Waals surface area contributed by atoms with Crippen LogP contribution < -0.4 is 5.32 Å². The molecule has 0 aliphatic rings. The zero-order valence-electron chi connectivity index (χ0n) is 12.4. The molecule has 1 atom stereocenters. The normalized spacial score (nSPS) is 12.4. The number of rotatable bonds is 5. The van der Waals surface area contributed by atoms with Gasteiger partial charge in [0.2, 0.25) is 0 Å². The van der Waals surface area contributed by atoms with E-state index in [1.807, 2.05) is 38.1 Å². The van der Waals surface area contributed by atoms with Gasteiger partial charge in [-0.15, -0.1) is 0 Å². The van der Waals surface area contributed by atoms with Gasteiger partial charge in [0.25, 0.3) is 5.91 Å². The van der Waals surface area contributed by atoms with Crippen molar-refractivity contribution in [2.75, 3.05) is 13.7 Å². The second-order valence-electron chi connectivity index (χ2n) is 5.01. The van der Waals surface area contributed by atoms with Gasteiger partial charge in [0.15, 0.2) is 0 Å². The maximum atomic E-state index is 12.6. The maximum Gasteiger partial charge on any atom is 0.252 e. The van der Waals surface area contributed by atoms with E-state index in [0.717, 1.165) is 27.5 Å². The van der Waals surface area contributed by atoms with Gasteiger partial charge in [0.1, 0.15) is 0 Å². The molecule has 2 rings (SSSR count). The SMILES string of the molecule is CCC(COC)NC(=O)c1cc(C)nc2ccc(Br)cc12. The number of carbonyl (C=O) groups is 1. The minimum atomic E-state index is -0.0903. The minimum Gasteiger partial charge on any atom is -0.383 e. The Balaban J connectivity index is 2.40. The summed E-state index contributed by atoms with van der Waals surface area (Å²) in [5.74, 6) is -0.0903. The summed E-state index contributed by atoms with van der Waals surface area (Å²) < 4.78 is 6.06. The van der Waals surface area contributed by atoms with E-state index in [0.29, 0.717) is 12.2 Å². The summed E-state index contributed by atoms with van der Waals surface area (Å²) in [5.41, 5.74) is 2.30. The van der Waals surface area contributed by atoms with Gasteiger partial charge in [-0.25, -0.2) is 0 Å². The Bertz CT molecular complexity index is 658. The number of amides is 1. The molecule has 0 saturated carbocycles. The van der Waals surface area contributed by atoms with Crippen LogP contribution in [-0.2, 0) is 4.74 Å². The van der Waals surface area contributed by atoms with Crippen LogP contribution in [0.2, 0.25) is 0 Å². The van der Waals surface area contributed by atoms with Crippen molar-refractivity contribution in [2.24, 2.45) is 0 Å². The van der Waals surface area contributed by atoms with E-state index < -0.39 is 0 Å². The summed E-state index contributed by atoms with van der Waals surface area (Å²) in [6, 6.07) is 7.60. The fraction of sp³-hybridized carbons (Fsp3) is 0.375. The number of nitrogens with zero attached hydrogens (tertiary/aromatic N) is 1. The number of ether oxygens (including phenoxy) is 1. The van der Waals surface area contributed by atoms with Crippen molar-refractivity contribution in [1.82, 2.24) is 10.3 Å². The molecule has 1 heterocycles. The van der Waals surface area contributed by atoms with Crippen molar-refractivity contribution < 1.29 is 9.53 Å². The first-order valence-electron chi connectivity index (χ1n) is 6.91. The maximum absolute atomic E-state index is 12.6. The van der Waals surface area contributed by atoms with E-state index in [9.17, 15) is 4.79 Å². The van der Waals surface area contributed by atoms with E-state index in [4.69, 9.17) is 4.74 Å². The van der Waals surface area contributed by atoms with E-state index in [2.05, 4.69) is 26.2 Å². The third-order valence-electron chi connectivity index (χ3n) is 3.34. The number of benzene rings is 1. The molecular formula is C16H19BrN2O2. The number of carbonyl (C=O) groups excluding carboxylic acids is 1. The van der Waals surface area contributed by atoms with Crippen LogP contribution >= 0.6 is 15.9 Å². The molecule has 112 valence electrons. The molecule has 0 fully saturated rings. The van der Waals surface area contributed by atoms with Crippen LogP contribution in [0.15, 0.2) is 28.7 Å². The standard InChI is InChI=1S/C16H19BrN2O2/c1-4-12(9-21-3)19-16(20)14-7-10(2)18-15-6-5-11(17)8-13(14)15/h5-8,12H,4,9H2,1-3H3,(H,19,20). The van der Waals surface area contributed by atoms with Gasteiger partial charge in [-0.1, -0.05) is 22.9 Å². The molecule has 0 spiro atoms. The van der Waals surface area contributed by atoms with Crippen molar-refractivity contribution >= 4 is 32.7 Å². The summed E-state index contributed by atoms with van der Waals surface area (Å²) in [6.07, 6.45) is 0.825. The summed E-state index contributed by atoms with van der Waals surface area (Å²) in [7, 11) is 1.64. The van der Waals surface area contributed by atoms with E-state index in [-0.39, 0.29) is 11.9 Å². The Kier molecular flexibility index (Phi) is 5.31. The molecule has 1 aromatic carbocycles. The highest BCUT2D eigenvalue weighted by Gasteiger charge is 2.16. The number of aryl methyl sites for hydroxylation is 1. The second kappa shape index (κ2) is 7.00. The summed E-state index contributed by atoms with van der Waals surface area (Å²) >= 11 is 3.44. The van der Waals surface area contributed by atoms with Crippen LogP contribution in [0.4, 0.5) is 0 Å². The molecule has 1 unspecified atom stereocenters. The molecule has 5 heteroatoms. The molecule has 4 nitrogen and oxygen atoms in total. The second-order valence-corrected chi connectivity index (χ2v) is 5.92. The Morgan fingerprint density at radius 2 is 2.19 bits per heavy atom. The molecular weight excluding hydrogens is 332 g/mol. The monoisotopic (exact) mass is 350 g/mol. The van der Waals surface area contributed by atoms with Crippen molar-refractivity contribution in [3.63, 3.8) is 0 Å². The lowest BCUT2D eigenvalue weighted by atomic mass is 10.1. The quantitative estimate of drug-likeness (QED) is 0.898. The van der Waals surface area contributed by atoms with Gasteiger partial charge in [0.05, 0.1) is 23.7 Å². The number of aromatic nitrogens is 1. The lowest BCUT2D eigenvalue weighted by Crippen LogP contribution is -2.37. The van der Waals surface area contributed by atoms with Crippen LogP contribution in [0.3, 0.4) is 0 Å². The smallest absolute Gasteiger partial charge is 0.252 e. The summed E-state index contributed by atoms with van der Waals surface area (Å²) in [6.45, 7) is 4.43. The molecule has 0 aliphatic heterocycles. The zero-order chi connectivity index (χ0) is 15.4. The van der Waals surface area contributed by atoms with Gasteiger partial charge in [0, 0.05) is 22.7 Å². The number of fused-ring (bicyclic) bond motifs is 1. The van der Waals surface area contributed by atoms with Crippen molar-refractivity contribution in [3.8, 4) is 0 Å². The van der Waals surface area contributed by atoms with Crippen molar-refractivity contribution in [3.05, 3.63) is 40.0 Å². The lowest BCUT2D eigenvalue weighted by Gasteiger charge is -2.17. The van der Waals surface area contributed by atoms with Crippen LogP contribution in [-0.4, -0.2) is 30.6 Å². The molecule has 0 saturated heterocycles. The predicted molar refractivity (Wildman–Crippen MR) is 87.6 cm³/mol. The first-order valence-corrected chi connectivity index (χ1v) is 7.71. The topological polar surface area (TPSA) is 51.2 Å². The number of methoxy groups -OCH3 is 1. The lowest BCUT2D eigenvalue weighted by molar-refractivity contribution is 0.0896. The molecule has 0 radical (unpaired) electrons. The largest absolute Gasteiger partial charge is 0.383 e. The van der Waals surface area contributed by atoms with Gasteiger partial charge in [-0.3, -0.25) is 9.78 Å². The van der Waals surface area contributed by atoms with Crippen LogP contribution in [0.5, 0.6) is 0 Å². The van der Waals surface area contributed by atoms with Gasteiger partial charge >= 0.3 is 0 Å². The van der Waals surface area contributed by atoms with Crippen molar-refractivity contribution in [1.29, 1.82) is 0 Å². The predicted octanol–water partition coefficient (Wildman–Crippen LogP) is 3.46. The van der Waals surface area contributed by atoms with Gasteiger partial charge in [-0.2, -0.15) is 0 Å². The number of halogens is 1. The third kappa shape index (κ3) is 3.80. The molecule has 1 N–H and O–H groups in total. The molecule has 0 bridgehead atoms. The van der Waals surface area contributed by atoms with E-state index in [1.165, 1.54) is 0 Å². The van der Waals surface area contributed by atoms with Gasteiger partial charge < -0.3 is 10.1 Å².